The van der Waals surface area contributed by atoms with Crippen LogP contribution in [0.4, 0.5) is 17.1 Å². The minimum absolute atomic E-state index is 0.0920. The zero-order chi connectivity index (χ0) is 24.7. The van der Waals surface area contributed by atoms with Gasteiger partial charge in [0.2, 0.25) is 0 Å². The largest absolute Gasteiger partial charge is 0.497 e. The van der Waals surface area contributed by atoms with Crippen molar-refractivity contribution in [1.82, 2.24) is 5.32 Å². The highest BCUT2D eigenvalue weighted by molar-refractivity contribution is 5.97. The number of anilines is 1. The lowest BCUT2D eigenvalue weighted by atomic mass is 10.1. The van der Waals surface area contributed by atoms with Crippen molar-refractivity contribution < 1.29 is 24.1 Å². The standard InChI is InChI=1S/C23H22N4O7/c1-33-18-7-3-15(4-8-18)13-24-22-20(26(29)30)11-17(12-21(22)27(31)32)23(28)25-14-16-5-9-19(34-2)10-6-16/h3-12,24H,13-14H2,1-2H3,(H,25,28). The first-order chi connectivity index (χ1) is 16.3. The Labute approximate surface area is 194 Å². The van der Waals surface area contributed by atoms with Gasteiger partial charge < -0.3 is 20.1 Å². The zero-order valence-corrected chi connectivity index (χ0v) is 18.4. The predicted octanol–water partition coefficient (Wildman–Crippen LogP) is 4.06. The van der Waals surface area contributed by atoms with E-state index in [0.29, 0.717) is 11.5 Å². The molecule has 0 bridgehead atoms. The molecule has 0 aliphatic rings. The van der Waals surface area contributed by atoms with E-state index in [2.05, 4.69) is 10.6 Å². The van der Waals surface area contributed by atoms with Crippen LogP contribution in [0.1, 0.15) is 21.5 Å². The lowest BCUT2D eigenvalue weighted by Gasteiger charge is -2.11. The van der Waals surface area contributed by atoms with Gasteiger partial charge >= 0.3 is 0 Å². The second-order valence-corrected chi connectivity index (χ2v) is 7.14. The van der Waals surface area contributed by atoms with Gasteiger partial charge in [-0.05, 0) is 35.4 Å². The summed E-state index contributed by atoms with van der Waals surface area (Å²) in [6, 6.07) is 15.8. The van der Waals surface area contributed by atoms with Crippen molar-refractivity contribution in [3.05, 3.63) is 97.6 Å². The van der Waals surface area contributed by atoms with Gasteiger partial charge in [-0.2, -0.15) is 0 Å². The minimum Gasteiger partial charge on any atom is -0.497 e. The lowest BCUT2D eigenvalue weighted by molar-refractivity contribution is -0.392. The molecule has 0 spiro atoms. The number of benzene rings is 3. The minimum atomic E-state index is -0.760. The van der Waals surface area contributed by atoms with E-state index < -0.39 is 27.1 Å². The number of carbonyl (C=O) groups excluding carboxylic acids is 1. The van der Waals surface area contributed by atoms with Crippen molar-refractivity contribution in [3.8, 4) is 11.5 Å². The van der Waals surface area contributed by atoms with E-state index in [1.807, 2.05) is 0 Å². The summed E-state index contributed by atoms with van der Waals surface area (Å²) < 4.78 is 10.2. The number of hydrogen-bond donors (Lipinski definition) is 2. The van der Waals surface area contributed by atoms with Crippen LogP contribution >= 0.6 is 0 Å². The Hall–Kier alpha value is -4.67. The molecule has 3 rings (SSSR count). The predicted molar refractivity (Wildman–Crippen MR) is 124 cm³/mol. The Bertz CT molecular complexity index is 1160. The molecule has 11 nitrogen and oxygen atoms in total. The Kier molecular flexibility index (Phi) is 7.60. The van der Waals surface area contributed by atoms with Gasteiger partial charge in [-0.15, -0.1) is 0 Å². The number of rotatable bonds is 10. The second-order valence-electron chi connectivity index (χ2n) is 7.14. The zero-order valence-electron chi connectivity index (χ0n) is 18.4. The molecule has 0 aliphatic heterocycles. The van der Waals surface area contributed by atoms with Crippen LogP contribution in [0.25, 0.3) is 0 Å². The topological polar surface area (TPSA) is 146 Å². The highest BCUT2D eigenvalue weighted by Gasteiger charge is 2.28. The van der Waals surface area contributed by atoms with Gasteiger partial charge in [0.15, 0.2) is 5.69 Å². The average Bonchev–Trinajstić information content (AvgIpc) is 2.85. The molecule has 3 aromatic rings. The normalized spacial score (nSPS) is 10.3. The summed E-state index contributed by atoms with van der Waals surface area (Å²) in [5, 5.41) is 28.8. The Morgan fingerprint density at radius 1 is 0.794 bits per heavy atom. The molecule has 1 amide bonds. The van der Waals surface area contributed by atoms with Crippen molar-refractivity contribution in [3.63, 3.8) is 0 Å². The van der Waals surface area contributed by atoms with Crippen LogP contribution in [-0.2, 0) is 13.1 Å². The number of nitro groups is 2. The Morgan fingerprint density at radius 3 is 1.65 bits per heavy atom. The average molecular weight is 466 g/mol. The van der Waals surface area contributed by atoms with Crippen LogP contribution in [0.2, 0.25) is 0 Å². The van der Waals surface area contributed by atoms with Gasteiger partial charge in [-0.25, -0.2) is 0 Å². The van der Waals surface area contributed by atoms with E-state index in [1.54, 1.807) is 48.5 Å². The summed E-state index contributed by atoms with van der Waals surface area (Å²) in [4.78, 5) is 34.5. The summed E-state index contributed by atoms with van der Waals surface area (Å²) in [6.07, 6.45) is 0. The first kappa shape index (κ1) is 24.0. The molecule has 0 heterocycles. The summed E-state index contributed by atoms with van der Waals surface area (Å²) in [5.74, 6) is 0.605. The van der Waals surface area contributed by atoms with Crippen LogP contribution in [-0.4, -0.2) is 30.0 Å². The van der Waals surface area contributed by atoms with Crippen LogP contribution in [0, 0.1) is 20.2 Å². The molecular formula is C23H22N4O7. The number of carbonyl (C=O) groups is 1. The number of amides is 1. The molecular weight excluding hydrogens is 444 g/mol. The molecule has 3 aromatic carbocycles. The van der Waals surface area contributed by atoms with Crippen LogP contribution in [0.15, 0.2) is 60.7 Å². The number of ether oxygens (including phenoxy) is 2. The smallest absolute Gasteiger partial charge is 0.300 e. The monoisotopic (exact) mass is 466 g/mol. The van der Waals surface area contributed by atoms with Gasteiger partial charge in [0.05, 0.1) is 29.6 Å². The van der Waals surface area contributed by atoms with Crippen molar-refractivity contribution in [1.29, 1.82) is 0 Å². The van der Waals surface area contributed by atoms with Crippen LogP contribution < -0.4 is 20.1 Å². The molecule has 2 N–H and O–H groups in total. The molecule has 0 saturated heterocycles. The summed E-state index contributed by atoms with van der Waals surface area (Å²) in [6.45, 7) is 0.219. The third-order valence-corrected chi connectivity index (χ3v) is 4.99. The molecule has 0 saturated carbocycles. The highest BCUT2D eigenvalue weighted by atomic mass is 16.6. The molecule has 0 aromatic heterocycles. The fourth-order valence-electron chi connectivity index (χ4n) is 3.17. The summed E-state index contributed by atoms with van der Waals surface area (Å²) in [5.41, 5.74) is -0.129. The number of methoxy groups -OCH3 is 2. The van der Waals surface area contributed by atoms with Crippen molar-refractivity contribution in [2.75, 3.05) is 19.5 Å². The number of nitrogens with zero attached hydrogens (tertiary/aromatic N) is 2. The fraction of sp³-hybridized carbons (Fsp3) is 0.174. The van der Waals surface area contributed by atoms with Crippen molar-refractivity contribution in [2.24, 2.45) is 0 Å². The highest BCUT2D eigenvalue weighted by Crippen LogP contribution is 2.36. The third kappa shape index (κ3) is 5.76. The Morgan fingerprint density at radius 2 is 1.24 bits per heavy atom. The Balaban J connectivity index is 1.83. The fourth-order valence-corrected chi connectivity index (χ4v) is 3.17. The van der Waals surface area contributed by atoms with Gasteiger partial charge in [0, 0.05) is 25.2 Å². The van der Waals surface area contributed by atoms with Crippen LogP contribution in [0.5, 0.6) is 11.5 Å². The maximum atomic E-state index is 12.6. The van der Waals surface area contributed by atoms with Gasteiger partial charge in [-0.1, -0.05) is 24.3 Å². The van der Waals surface area contributed by atoms with E-state index in [-0.39, 0.29) is 24.3 Å². The van der Waals surface area contributed by atoms with Gasteiger partial charge in [-0.3, -0.25) is 25.0 Å². The molecule has 0 aliphatic carbocycles. The third-order valence-electron chi connectivity index (χ3n) is 4.99. The van der Waals surface area contributed by atoms with Gasteiger partial charge in [0.25, 0.3) is 17.3 Å². The molecule has 0 radical (unpaired) electrons. The van der Waals surface area contributed by atoms with E-state index >= 15 is 0 Å². The van der Waals surface area contributed by atoms with E-state index in [9.17, 15) is 25.0 Å². The number of nitro benzene ring substituents is 2. The SMILES string of the molecule is COc1ccc(CNC(=O)c2cc([N+](=O)[O-])c(NCc3ccc(OC)cc3)c([N+](=O)[O-])c2)cc1. The van der Waals surface area contributed by atoms with E-state index in [0.717, 1.165) is 23.3 Å². The second kappa shape index (κ2) is 10.8. The summed E-state index contributed by atoms with van der Waals surface area (Å²) >= 11 is 0. The first-order valence-corrected chi connectivity index (χ1v) is 10.1. The van der Waals surface area contributed by atoms with Crippen molar-refractivity contribution >= 4 is 23.0 Å². The quantitative estimate of drug-likeness (QED) is 0.336. The molecule has 0 atom stereocenters. The number of nitrogens with one attached hydrogen (secondary N) is 2. The number of hydrogen-bond acceptors (Lipinski definition) is 8. The molecule has 11 heteroatoms. The van der Waals surface area contributed by atoms with E-state index in [4.69, 9.17) is 9.47 Å². The lowest BCUT2D eigenvalue weighted by Crippen LogP contribution is -2.23. The molecule has 0 fully saturated rings. The maximum Gasteiger partial charge on any atom is 0.300 e. The maximum absolute atomic E-state index is 12.6. The van der Waals surface area contributed by atoms with Gasteiger partial charge in [0.1, 0.15) is 11.5 Å². The molecule has 176 valence electrons. The first-order valence-electron chi connectivity index (χ1n) is 10.1. The summed E-state index contributed by atoms with van der Waals surface area (Å²) in [7, 11) is 3.06. The molecule has 0 unspecified atom stereocenters. The van der Waals surface area contributed by atoms with Crippen molar-refractivity contribution in [2.45, 2.75) is 13.1 Å². The van der Waals surface area contributed by atoms with Crippen LogP contribution in [0.3, 0.4) is 0 Å². The van der Waals surface area contributed by atoms with E-state index in [1.165, 1.54) is 14.2 Å². The molecule has 34 heavy (non-hydrogen) atoms.